The fourth-order valence-electron chi connectivity index (χ4n) is 0.698. The lowest BCUT2D eigenvalue weighted by Crippen LogP contribution is -2.30. The summed E-state index contributed by atoms with van der Waals surface area (Å²) >= 11 is 0. The van der Waals surface area contributed by atoms with Gasteiger partial charge in [0.15, 0.2) is 0 Å². The van der Waals surface area contributed by atoms with Crippen LogP contribution in [0.4, 0.5) is 0 Å². The second-order valence-electron chi connectivity index (χ2n) is 1.92. The molecule has 0 spiro atoms. The third-order valence-electron chi connectivity index (χ3n) is 1.11. The van der Waals surface area contributed by atoms with E-state index in [1.165, 1.54) is 13.8 Å². The summed E-state index contributed by atoms with van der Waals surface area (Å²) in [6.45, 7) is 2.82. The molecule has 5 nitrogen and oxygen atoms in total. The van der Waals surface area contributed by atoms with Gasteiger partial charge in [-0.15, -0.1) is 0 Å². The molecule has 0 unspecified atom stereocenters. The highest BCUT2D eigenvalue weighted by atomic mass is 16.8. The van der Waals surface area contributed by atoms with Gasteiger partial charge in [-0.3, -0.25) is 9.42 Å². The van der Waals surface area contributed by atoms with E-state index in [1.54, 1.807) is 0 Å². The van der Waals surface area contributed by atoms with Crippen molar-refractivity contribution in [2.24, 2.45) is 0 Å². The zero-order valence-corrected chi connectivity index (χ0v) is 5.62. The molecule has 1 aromatic rings. The van der Waals surface area contributed by atoms with Crippen molar-refractivity contribution in [1.82, 2.24) is 5.16 Å². The zero-order chi connectivity index (χ0) is 7.72. The summed E-state index contributed by atoms with van der Waals surface area (Å²) in [7, 11) is 0. The summed E-state index contributed by atoms with van der Waals surface area (Å²) in [6, 6.07) is 0. The van der Waals surface area contributed by atoms with Crippen molar-refractivity contribution >= 4 is 5.78 Å². The summed E-state index contributed by atoms with van der Waals surface area (Å²) in [5.74, 6) is -0.339. The number of hydrogen-bond donors (Lipinski definition) is 0. The third kappa shape index (κ3) is 0.854. The number of hydrogen-bond acceptors (Lipinski definition) is 4. The molecule has 0 aliphatic heterocycles. The van der Waals surface area contributed by atoms with E-state index in [0.717, 1.165) is 0 Å². The number of Topliss-reactive ketones (excluding diaryl/α,β-unsaturated/α-hetero) is 1. The highest BCUT2D eigenvalue weighted by molar-refractivity contribution is 5.91. The van der Waals surface area contributed by atoms with Gasteiger partial charge in [-0.1, -0.05) is 0 Å². The van der Waals surface area contributed by atoms with Gasteiger partial charge >= 0.3 is 0 Å². The first-order valence-electron chi connectivity index (χ1n) is 2.70. The number of carbonyl (C=O) groups is 1. The molecule has 0 saturated heterocycles. The van der Waals surface area contributed by atoms with Gasteiger partial charge in [-0.2, -0.15) is 0 Å². The van der Waals surface area contributed by atoms with Crippen molar-refractivity contribution in [3.63, 3.8) is 0 Å². The Labute approximate surface area is 56.8 Å². The lowest BCUT2D eigenvalue weighted by Gasteiger charge is -1.87. The van der Waals surface area contributed by atoms with Gasteiger partial charge in [-0.25, -0.2) is 0 Å². The summed E-state index contributed by atoms with van der Waals surface area (Å²) in [5.41, 5.74) is 0.294. The molecular weight excluding hydrogens is 136 g/mol. The van der Waals surface area contributed by atoms with Crippen LogP contribution in [0.2, 0.25) is 0 Å². The molecule has 1 rings (SSSR count). The Morgan fingerprint density at radius 2 is 2.40 bits per heavy atom. The summed E-state index contributed by atoms with van der Waals surface area (Å²) in [4.78, 5) is 10.7. The average molecular weight is 142 g/mol. The van der Waals surface area contributed by atoms with Crippen molar-refractivity contribution in [3.8, 4) is 0 Å². The van der Waals surface area contributed by atoms with E-state index < -0.39 is 0 Å². The predicted octanol–water partition coefficient (Wildman–Crippen LogP) is -0.181. The molecule has 0 bridgehead atoms. The monoisotopic (exact) mass is 142 g/mol. The molecule has 1 heterocycles. The molecule has 0 saturated carbocycles. The van der Waals surface area contributed by atoms with Crippen LogP contribution in [-0.4, -0.2) is 10.9 Å². The van der Waals surface area contributed by atoms with Crippen LogP contribution in [-0.2, 0) is 0 Å². The Balaban J connectivity index is 3.23. The third-order valence-corrected chi connectivity index (χ3v) is 1.11. The Hall–Kier alpha value is -1.39. The van der Waals surface area contributed by atoms with Crippen LogP contribution in [0.5, 0.6) is 0 Å². The quantitative estimate of drug-likeness (QED) is 0.402. The lowest BCUT2D eigenvalue weighted by molar-refractivity contribution is -0.803. The van der Waals surface area contributed by atoms with Crippen LogP contribution in [0.15, 0.2) is 4.63 Å². The second kappa shape index (κ2) is 2.09. The van der Waals surface area contributed by atoms with Gasteiger partial charge in [0, 0.05) is 19.0 Å². The minimum Gasteiger partial charge on any atom is -0.359 e. The predicted molar refractivity (Wildman–Crippen MR) is 30.2 cm³/mol. The molecule has 0 radical (unpaired) electrons. The summed E-state index contributed by atoms with van der Waals surface area (Å²) in [6.07, 6.45) is 0. The molecule has 0 atom stereocenters. The fraction of sp³-hybridized carbons (Fsp3) is 0.400. The Morgan fingerprint density at radius 1 is 1.80 bits per heavy atom. The molecule has 10 heavy (non-hydrogen) atoms. The van der Waals surface area contributed by atoms with E-state index in [4.69, 9.17) is 0 Å². The topological polar surface area (TPSA) is 70.0 Å². The average Bonchev–Trinajstić information content (AvgIpc) is 2.11. The molecule has 0 N–H and O–H groups in total. The van der Waals surface area contributed by atoms with Crippen molar-refractivity contribution in [3.05, 3.63) is 16.6 Å². The smallest absolute Gasteiger partial charge is 0.263 e. The van der Waals surface area contributed by atoms with Crippen LogP contribution in [0.1, 0.15) is 23.1 Å². The maximum Gasteiger partial charge on any atom is 0.263 e. The Bertz CT molecular complexity index is 246. The van der Waals surface area contributed by atoms with Gasteiger partial charge < -0.3 is 5.21 Å². The van der Waals surface area contributed by atoms with E-state index in [2.05, 4.69) is 9.79 Å². The standard InChI is InChI=1S/C5H6N2O3/c1-3-5(4(2)8)7(9)10-6-3/h1-2H3. The van der Waals surface area contributed by atoms with E-state index >= 15 is 0 Å². The lowest BCUT2D eigenvalue weighted by atomic mass is 10.3. The minimum atomic E-state index is -0.339. The molecule has 0 aliphatic rings. The van der Waals surface area contributed by atoms with E-state index in [9.17, 15) is 10.0 Å². The number of ketones is 1. The maximum absolute atomic E-state index is 10.6. The van der Waals surface area contributed by atoms with Gasteiger partial charge in [0.25, 0.3) is 5.69 Å². The molecule has 1 aromatic heterocycles. The molecule has 54 valence electrons. The number of aryl methyl sites for hydroxylation is 1. The fourth-order valence-corrected chi connectivity index (χ4v) is 0.698. The summed E-state index contributed by atoms with van der Waals surface area (Å²) in [5, 5.41) is 13.8. The molecule has 5 heteroatoms. The van der Waals surface area contributed by atoms with Crippen LogP contribution < -0.4 is 4.90 Å². The van der Waals surface area contributed by atoms with Crippen molar-refractivity contribution in [1.29, 1.82) is 0 Å². The van der Waals surface area contributed by atoms with Gasteiger partial charge in [0.05, 0.1) is 0 Å². The van der Waals surface area contributed by atoms with Crippen molar-refractivity contribution < 1.29 is 14.3 Å². The number of nitrogens with zero attached hydrogens (tertiary/aromatic N) is 2. The van der Waals surface area contributed by atoms with E-state index in [0.29, 0.717) is 5.69 Å². The first kappa shape index (κ1) is 6.73. The zero-order valence-electron chi connectivity index (χ0n) is 5.62. The van der Waals surface area contributed by atoms with Crippen LogP contribution >= 0.6 is 0 Å². The van der Waals surface area contributed by atoms with Gasteiger partial charge in [-0.05, 0) is 4.90 Å². The highest BCUT2D eigenvalue weighted by Crippen LogP contribution is 1.97. The Kier molecular flexibility index (Phi) is 1.41. The number of aromatic nitrogens is 2. The second-order valence-corrected chi connectivity index (χ2v) is 1.92. The normalized spacial score (nSPS) is 9.80. The van der Waals surface area contributed by atoms with Crippen molar-refractivity contribution in [2.45, 2.75) is 13.8 Å². The molecule has 0 aromatic carbocycles. The minimum absolute atomic E-state index is 0.0278. The molecular formula is C5H6N2O3. The number of carbonyl (C=O) groups excluding carboxylic acids is 1. The van der Waals surface area contributed by atoms with Gasteiger partial charge in [0.1, 0.15) is 0 Å². The number of rotatable bonds is 1. The largest absolute Gasteiger partial charge is 0.359 e. The maximum atomic E-state index is 10.6. The van der Waals surface area contributed by atoms with E-state index in [-0.39, 0.29) is 16.4 Å². The van der Waals surface area contributed by atoms with E-state index in [1.807, 2.05) is 0 Å². The highest BCUT2D eigenvalue weighted by Gasteiger charge is 2.18. The van der Waals surface area contributed by atoms with Crippen LogP contribution in [0.3, 0.4) is 0 Å². The van der Waals surface area contributed by atoms with Crippen molar-refractivity contribution in [2.75, 3.05) is 0 Å². The van der Waals surface area contributed by atoms with Crippen LogP contribution in [0.25, 0.3) is 0 Å². The first-order valence-corrected chi connectivity index (χ1v) is 2.70. The van der Waals surface area contributed by atoms with Gasteiger partial charge in [0.2, 0.25) is 11.5 Å². The molecule has 0 aliphatic carbocycles. The molecule has 0 amide bonds. The summed E-state index contributed by atoms with van der Waals surface area (Å²) < 4.78 is 4.15. The Morgan fingerprint density at radius 3 is 2.60 bits per heavy atom. The van der Waals surface area contributed by atoms with Crippen LogP contribution in [0, 0.1) is 12.1 Å². The SMILES string of the molecule is CC(=O)c1c(C)no[n+]1[O-]. The first-order chi connectivity index (χ1) is 4.63. The molecule has 0 fully saturated rings.